The van der Waals surface area contributed by atoms with Crippen molar-refractivity contribution >= 4 is 5.91 Å². The number of rotatable bonds is 6. The Labute approximate surface area is 159 Å². The second kappa shape index (κ2) is 7.37. The molecule has 4 rings (SSSR count). The zero-order chi connectivity index (χ0) is 18.9. The lowest BCUT2D eigenvalue weighted by atomic mass is 9.98. The maximum atomic E-state index is 12.4. The first-order valence-electron chi connectivity index (χ1n) is 9.83. The number of nitrogens with zero attached hydrogens (tertiary/aromatic N) is 1. The molecule has 1 amide bonds. The average molecular weight is 372 g/mol. The fourth-order valence-electron chi connectivity index (χ4n) is 4.09. The number of piperazine rings is 1. The first-order valence-corrected chi connectivity index (χ1v) is 9.83. The van der Waals surface area contributed by atoms with Crippen LogP contribution in [0, 0.1) is 17.2 Å². The van der Waals surface area contributed by atoms with Gasteiger partial charge >= 0.3 is 0 Å². The van der Waals surface area contributed by atoms with Crippen LogP contribution in [0.2, 0.25) is 0 Å². The smallest absolute Gasteiger partial charge is 0.276 e. The second-order valence-corrected chi connectivity index (χ2v) is 8.18. The van der Waals surface area contributed by atoms with Crippen LogP contribution in [0.1, 0.15) is 25.3 Å². The van der Waals surface area contributed by atoms with Crippen molar-refractivity contribution in [3.63, 3.8) is 0 Å². The minimum Gasteiger partial charge on any atom is -0.454 e. The molecule has 0 radical (unpaired) electrons. The number of carbonyl (C=O) groups is 1. The lowest BCUT2D eigenvalue weighted by Gasteiger charge is -2.30. The first kappa shape index (κ1) is 18.1. The van der Waals surface area contributed by atoms with Crippen LogP contribution in [-0.4, -0.2) is 51.0 Å². The highest BCUT2D eigenvalue weighted by molar-refractivity contribution is 5.78. The lowest BCUT2D eigenvalue weighted by Crippen LogP contribution is -3.28. The Balaban J connectivity index is 1.23. The molecular formula is C20H28N4O3+2. The van der Waals surface area contributed by atoms with E-state index in [0.717, 1.165) is 57.1 Å². The number of amides is 1. The van der Waals surface area contributed by atoms with E-state index < -0.39 is 5.54 Å². The number of nitriles is 1. The number of fused-ring (bicyclic) bond motifs is 1. The summed E-state index contributed by atoms with van der Waals surface area (Å²) in [6.07, 6.45) is 2.08. The van der Waals surface area contributed by atoms with Gasteiger partial charge in [-0.2, -0.15) is 5.26 Å². The van der Waals surface area contributed by atoms with Gasteiger partial charge in [-0.05, 0) is 43.9 Å². The van der Waals surface area contributed by atoms with Gasteiger partial charge in [-0.15, -0.1) is 0 Å². The van der Waals surface area contributed by atoms with E-state index in [4.69, 9.17) is 9.47 Å². The van der Waals surface area contributed by atoms with Crippen molar-refractivity contribution in [3.8, 4) is 17.6 Å². The summed E-state index contributed by atoms with van der Waals surface area (Å²) >= 11 is 0. The van der Waals surface area contributed by atoms with Crippen LogP contribution in [0.4, 0.5) is 0 Å². The second-order valence-electron chi connectivity index (χ2n) is 8.18. The molecule has 7 heteroatoms. The maximum Gasteiger partial charge on any atom is 0.276 e. The summed E-state index contributed by atoms with van der Waals surface area (Å²) in [5, 5.41) is 12.4. The van der Waals surface area contributed by atoms with E-state index in [1.165, 1.54) is 15.4 Å². The number of quaternary nitrogens is 2. The maximum absolute atomic E-state index is 12.4. The largest absolute Gasteiger partial charge is 0.454 e. The summed E-state index contributed by atoms with van der Waals surface area (Å²) < 4.78 is 10.8. The topological polar surface area (TPSA) is 80.2 Å². The van der Waals surface area contributed by atoms with Gasteiger partial charge in [0.15, 0.2) is 18.0 Å². The molecule has 1 aromatic carbocycles. The highest BCUT2D eigenvalue weighted by Gasteiger charge is 2.43. The van der Waals surface area contributed by atoms with E-state index in [2.05, 4.69) is 23.5 Å². The average Bonchev–Trinajstić information content (AvgIpc) is 3.42. The normalized spacial score (nSPS) is 26.1. The van der Waals surface area contributed by atoms with E-state index in [0.29, 0.717) is 19.3 Å². The van der Waals surface area contributed by atoms with Crippen molar-refractivity contribution in [2.75, 3.05) is 39.5 Å². The van der Waals surface area contributed by atoms with Crippen molar-refractivity contribution in [1.82, 2.24) is 5.32 Å². The van der Waals surface area contributed by atoms with Crippen LogP contribution in [0.15, 0.2) is 18.2 Å². The Hall–Kier alpha value is -2.30. The Morgan fingerprint density at radius 3 is 2.63 bits per heavy atom. The van der Waals surface area contributed by atoms with Crippen LogP contribution in [0.25, 0.3) is 0 Å². The number of hydrogen-bond acceptors (Lipinski definition) is 4. The quantitative estimate of drug-likeness (QED) is 0.568. The molecule has 0 aromatic heterocycles. The SMILES string of the molecule is C[C@@](C#N)(NC(=O)C[NH+]1CC[NH+](Cc2ccc3c(c2)OCO3)CC1)C1CC1. The Kier molecular flexibility index (Phi) is 4.94. The molecule has 0 spiro atoms. The van der Waals surface area contributed by atoms with E-state index in [-0.39, 0.29) is 5.91 Å². The molecule has 1 saturated carbocycles. The number of carbonyl (C=O) groups excluding carboxylic acids is 1. The van der Waals surface area contributed by atoms with Gasteiger partial charge in [-0.25, -0.2) is 0 Å². The number of ether oxygens (including phenoxy) is 2. The summed E-state index contributed by atoms with van der Waals surface area (Å²) in [6, 6.07) is 8.45. The van der Waals surface area contributed by atoms with E-state index in [9.17, 15) is 10.1 Å². The van der Waals surface area contributed by atoms with Gasteiger partial charge in [-0.1, -0.05) is 0 Å². The third kappa shape index (κ3) is 4.18. The lowest BCUT2D eigenvalue weighted by molar-refractivity contribution is -1.02. The van der Waals surface area contributed by atoms with Gasteiger partial charge in [0.25, 0.3) is 5.91 Å². The molecule has 2 fully saturated rings. The van der Waals surface area contributed by atoms with Crippen LogP contribution in [0.5, 0.6) is 11.5 Å². The van der Waals surface area contributed by atoms with Crippen LogP contribution >= 0.6 is 0 Å². The Morgan fingerprint density at radius 2 is 1.93 bits per heavy atom. The summed E-state index contributed by atoms with van der Waals surface area (Å²) in [5.74, 6) is 1.98. The molecule has 2 aliphatic heterocycles. The molecule has 3 N–H and O–H groups in total. The summed E-state index contributed by atoms with van der Waals surface area (Å²) in [7, 11) is 0. The van der Waals surface area contributed by atoms with Crippen molar-refractivity contribution in [2.24, 2.45) is 5.92 Å². The Bertz CT molecular complexity index is 750. The minimum absolute atomic E-state index is 0.000158. The molecule has 1 saturated heterocycles. The predicted molar refractivity (Wildman–Crippen MR) is 97.4 cm³/mol. The Morgan fingerprint density at radius 1 is 1.22 bits per heavy atom. The van der Waals surface area contributed by atoms with Gasteiger partial charge in [0.05, 0.1) is 6.07 Å². The molecule has 1 aromatic rings. The molecule has 0 bridgehead atoms. The molecule has 3 aliphatic rings. The van der Waals surface area contributed by atoms with Crippen LogP contribution in [0.3, 0.4) is 0 Å². The summed E-state index contributed by atoms with van der Waals surface area (Å²) in [5.41, 5.74) is 0.563. The molecule has 2 heterocycles. The van der Waals surface area contributed by atoms with E-state index >= 15 is 0 Å². The monoisotopic (exact) mass is 372 g/mol. The zero-order valence-electron chi connectivity index (χ0n) is 15.8. The highest BCUT2D eigenvalue weighted by atomic mass is 16.7. The fraction of sp³-hybridized carbons (Fsp3) is 0.600. The third-order valence-electron chi connectivity index (χ3n) is 5.99. The first-order chi connectivity index (χ1) is 13.1. The zero-order valence-corrected chi connectivity index (χ0v) is 15.8. The van der Waals surface area contributed by atoms with Crippen molar-refractivity contribution in [1.29, 1.82) is 5.26 Å². The molecule has 27 heavy (non-hydrogen) atoms. The molecule has 1 aliphatic carbocycles. The minimum atomic E-state index is -0.692. The standard InChI is InChI=1S/C20H26N4O3/c1-20(13-21,16-3-4-16)22-19(25)12-24-8-6-23(7-9-24)11-15-2-5-17-18(10-15)27-14-26-17/h2,5,10,16H,3-4,6-9,11-12,14H2,1H3,(H,22,25)/p+2/t20-/m0/s1. The van der Waals surface area contributed by atoms with Gasteiger partial charge < -0.3 is 24.6 Å². The third-order valence-corrected chi connectivity index (χ3v) is 5.99. The summed E-state index contributed by atoms with van der Waals surface area (Å²) in [4.78, 5) is 15.2. The van der Waals surface area contributed by atoms with Crippen molar-refractivity contribution in [3.05, 3.63) is 23.8 Å². The molecule has 0 unspecified atom stereocenters. The van der Waals surface area contributed by atoms with E-state index in [1.807, 2.05) is 13.0 Å². The fourth-order valence-corrected chi connectivity index (χ4v) is 4.09. The number of nitrogens with one attached hydrogen (secondary N) is 3. The molecule has 7 nitrogen and oxygen atoms in total. The summed E-state index contributed by atoms with van der Waals surface area (Å²) in [6.45, 7) is 7.60. The van der Waals surface area contributed by atoms with Gasteiger partial charge in [0.2, 0.25) is 6.79 Å². The highest BCUT2D eigenvalue weighted by Crippen LogP contribution is 2.39. The van der Waals surface area contributed by atoms with Crippen LogP contribution in [-0.2, 0) is 11.3 Å². The van der Waals surface area contributed by atoms with Gasteiger partial charge in [-0.3, -0.25) is 4.79 Å². The number of benzene rings is 1. The van der Waals surface area contributed by atoms with Crippen molar-refractivity contribution < 1.29 is 24.1 Å². The molecular weight excluding hydrogens is 344 g/mol. The van der Waals surface area contributed by atoms with Gasteiger partial charge in [0, 0.05) is 5.56 Å². The molecule has 1 atom stereocenters. The predicted octanol–water partition coefficient (Wildman–Crippen LogP) is -1.49. The molecule has 144 valence electrons. The van der Waals surface area contributed by atoms with Crippen molar-refractivity contribution in [2.45, 2.75) is 31.8 Å². The van der Waals surface area contributed by atoms with E-state index in [1.54, 1.807) is 0 Å². The number of hydrogen-bond donors (Lipinski definition) is 3. The van der Waals surface area contributed by atoms with Gasteiger partial charge in [0.1, 0.15) is 38.3 Å². The van der Waals surface area contributed by atoms with Crippen LogP contribution < -0.4 is 24.6 Å².